The molecule has 0 radical (unpaired) electrons. The van der Waals surface area contributed by atoms with Gasteiger partial charge in [-0.3, -0.25) is 14.4 Å². The molecule has 8 heteroatoms. The minimum atomic E-state index is -0.376. The molecule has 3 rings (SSSR count). The number of piperidine rings is 1. The second kappa shape index (κ2) is 11.0. The van der Waals surface area contributed by atoms with E-state index < -0.39 is 0 Å². The maximum atomic E-state index is 13.2. The van der Waals surface area contributed by atoms with Crippen LogP contribution in [-0.4, -0.2) is 53.7 Å². The number of halogens is 2. The first-order valence-electron chi connectivity index (χ1n) is 11.1. The summed E-state index contributed by atoms with van der Waals surface area (Å²) in [5.74, 6) is -0.909. The number of benzene rings is 2. The van der Waals surface area contributed by atoms with Gasteiger partial charge >= 0.3 is 0 Å². The Kier molecular flexibility index (Phi) is 8.38. The van der Waals surface area contributed by atoms with E-state index in [1.807, 2.05) is 39.0 Å². The van der Waals surface area contributed by atoms with Gasteiger partial charge < -0.3 is 15.1 Å². The molecule has 0 aliphatic carbocycles. The van der Waals surface area contributed by atoms with Gasteiger partial charge in [0, 0.05) is 25.2 Å². The number of rotatable bonds is 6. The highest BCUT2D eigenvalue weighted by Gasteiger charge is 2.32. The number of amides is 3. The molecule has 1 N–H and O–H groups in total. The predicted octanol–water partition coefficient (Wildman–Crippen LogP) is 4.95. The van der Waals surface area contributed by atoms with E-state index >= 15 is 0 Å². The van der Waals surface area contributed by atoms with Gasteiger partial charge in [-0.05, 0) is 57.9 Å². The number of para-hydroxylation sites is 1. The number of anilines is 1. The SMILES string of the molecule is CCN(CC(=O)Nc1c(Cl)cccc1Cl)C(=O)C1CCCN(C(=O)c2cc(C)cc(C)c2)C1. The number of carbonyl (C=O) groups is 3. The largest absolute Gasteiger partial charge is 0.338 e. The molecule has 2 aromatic rings. The van der Waals surface area contributed by atoms with Crippen LogP contribution < -0.4 is 5.32 Å². The van der Waals surface area contributed by atoms with E-state index in [2.05, 4.69) is 5.32 Å². The van der Waals surface area contributed by atoms with Crippen molar-refractivity contribution < 1.29 is 14.4 Å². The Bertz CT molecular complexity index is 1020. The van der Waals surface area contributed by atoms with E-state index in [0.717, 1.165) is 17.5 Å². The van der Waals surface area contributed by atoms with Crippen LogP contribution in [-0.2, 0) is 9.59 Å². The summed E-state index contributed by atoms with van der Waals surface area (Å²) in [6.45, 7) is 6.99. The topological polar surface area (TPSA) is 69.7 Å². The van der Waals surface area contributed by atoms with E-state index in [-0.39, 0.29) is 30.2 Å². The third kappa shape index (κ3) is 6.27. The van der Waals surface area contributed by atoms with Gasteiger partial charge in [0.05, 0.1) is 28.2 Å². The van der Waals surface area contributed by atoms with Gasteiger partial charge in [-0.15, -0.1) is 0 Å². The van der Waals surface area contributed by atoms with Gasteiger partial charge in [0.2, 0.25) is 11.8 Å². The molecule has 0 aromatic heterocycles. The van der Waals surface area contributed by atoms with E-state index in [1.54, 1.807) is 23.1 Å². The molecular weight excluding hydrogens is 461 g/mol. The van der Waals surface area contributed by atoms with Gasteiger partial charge in [0.25, 0.3) is 5.91 Å². The van der Waals surface area contributed by atoms with E-state index in [0.29, 0.717) is 47.4 Å². The molecule has 1 saturated heterocycles. The van der Waals surface area contributed by atoms with Gasteiger partial charge in [-0.2, -0.15) is 0 Å². The smallest absolute Gasteiger partial charge is 0.253 e. The van der Waals surface area contributed by atoms with Crippen molar-refractivity contribution in [1.82, 2.24) is 9.80 Å². The van der Waals surface area contributed by atoms with Crippen molar-refractivity contribution in [2.45, 2.75) is 33.6 Å². The number of nitrogens with zero attached hydrogens (tertiary/aromatic N) is 2. The Morgan fingerprint density at radius 1 is 1.09 bits per heavy atom. The summed E-state index contributed by atoms with van der Waals surface area (Å²) in [5, 5.41) is 3.36. The Hall–Kier alpha value is -2.57. The highest BCUT2D eigenvalue weighted by molar-refractivity contribution is 6.39. The van der Waals surface area contributed by atoms with Crippen molar-refractivity contribution in [3.63, 3.8) is 0 Å². The first-order valence-corrected chi connectivity index (χ1v) is 11.9. The summed E-state index contributed by atoms with van der Waals surface area (Å²) in [5.41, 5.74) is 3.04. The molecular formula is C25H29Cl2N3O3. The second-order valence-corrected chi connectivity index (χ2v) is 9.28. The molecule has 2 aromatic carbocycles. The molecule has 0 saturated carbocycles. The maximum absolute atomic E-state index is 13.2. The van der Waals surface area contributed by atoms with Crippen molar-refractivity contribution in [1.29, 1.82) is 0 Å². The third-order valence-electron chi connectivity index (χ3n) is 5.78. The fourth-order valence-electron chi connectivity index (χ4n) is 4.22. The van der Waals surface area contributed by atoms with Crippen molar-refractivity contribution in [2.24, 2.45) is 5.92 Å². The van der Waals surface area contributed by atoms with Crippen LogP contribution in [0.15, 0.2) is 36.4 Å². The zero-order valence-corrected chi connectivity index (χ0v) is 20.7. The van der Waals surface area contributed by atoms with Crippen LogP contribution in [0.25, 0.3) is 0 Å². The Morgan fingerprint density at radius 2 is 1.73 bits per heavy atom. The zero-order chi connectivity index (χ0) is 24.1. The van der Waals surface area contributed by atoms with Crippen LogP contribution in [0.2, 0.25) is 10.0 Å². The number of hydrogen-bond donors (Lipinski definition) is 1. The monoisotopic (exact) mass is 489 g/mol. The number of likely N-dealkylation sites (tertiary alicyclic amines) is 1. The number of aryl methyl sites for hydroxylation is 2. The quantitative estimate of drug-likeness (QED) is 0.623. The number of likely N-dealkylation sites (N-methyl/N-ethyl adjacent to an activating group) is 1. The zero-order valence-electron chi connectivity index (χ0n) is 19.2. The summed E-state index contributed by atoms with van der Waals surface area (Å²) >= 11 is 12.3. The fraction of sp³-hybridized carbons (Fsp3) is 0.400. The molecule has 1 unspecified atom stereocenters. The lowest BCUT2D eigenvalue weighted by Gasteiger charge is -2.34. The molecule has 0 bridgehead atoms. The molecule has 176 valence electrons. The minimum absolute atomic E-state index is 0.0616. The Morgan fingerprint density at radius 3 is 2.33 bits per heavy atom. The van der Waals surface area contributed by atoms with Crippen LogP contribution in [0.3, 0.4) is 0 Å². The van der Waals surface area contributed by atoms with Crippen LogP contribution in [0, 0.1) is 19.8 Å². The molecule has 3 amide bonds. The summed E-state index contributed by atoms with van der Waals surface area (Å²) < 4.78 is 0. The fourth-order valence-corrected chi connectivity index (χ4v) is 4.71. The molecule has 1 heterocycles. The molecule has 33 heavy (non-hydrogen) atoms. The predicted molar refractivity (Wildman–Crippen MR) is 132 cm³/mol. The third-order valence-corrected chi connectivity index (χ3v) is 6.41. The highest BCUT2D eigenvalue weighted by atomic mass is 35.5. The lowest BCUT2D eigenvalue weighted by Crippen LogP contribution is -2.48. The van der Waals surface area contributed by atoms with Crippen molar-refractivity contribution >= 4 is 46.6 Å². The second-order valence-electron chi connectivity index (χ2n) is 8.46. The lowest BCUT2D eigenvalue weighted by molar-refractivity contribution is -0.139. The molecule has 0 spiro atoms. The van der Waals surface area contributed by atoms with Gasteiger partial charge in [-0.1, -0.05) is 46.5 Å². The Balaban J connectivity index is 1.65. The van der Waals surface area contributed by atoms with E-state index in [9.17, 15) is 14.4 Å². The van der Waals surface area contributed by atoms with Crippen molar-refractivity contribution in [2.75, 3.05) is 31.5 Å². The number of hydrogen-bond acceptors (Lipinski definition) is 3. The first-order chi connectivity index (χ1) is 15.7. The van der Waals surface area contributed by atoms with Crippen molar-refractivity contribution in [3.8, 4) is 0 Å². The Labute approximate surface area is 204 Å². The summed E-state index contributed by atoms with van der Waals surface area (Å²) in [6.07, 6.45) is 1.43. The first kappa shape index (κ1) is 25.1. The molecule has 1 atom stereocenters. The van der Waals surface area contributed by atoms with Gasteiger partial charge in [-0.25, -0.2) is 0 Å². The van der Waals surface area contributed by atoms with Crippen LogP contribution in [0.4, 0.5) is 5.69 Å². The average Bonchev–Trinajstić information content (AvgIpc) is 2.78. The number of carbonyl (C=O) groups excluding carboxylic acids is 3. The standard InChI is InChI=1S/C25H29Cl2N3O3/c1-4-29(15-22(31)28-23-20(26)8-5-9-21(23)27)24(32)18-7-6-10-30(14-18)25(33)19-12-16(2)11-17(3)13-19/h5,8-9,11-13,18H,4,6-7,10,14-15H2,1-3H3,(H,28,31). The minimum Gasteiger partial charge on any atom is -0.338 e. The lowest BCUT2D eigenvalue weighted by atomic mass is 9.95. The van der Waals surface area contributed by atoms with Crippen LogP contribution in [0.1, 0.15) is 41.3 Å². The normalized spacial score (nSPS) is 15.8. The van der Waals surface area contributed by atoms with Gasteiger partial charge in [0.1, 0.15) is 0 Å². The molecule has 1 aliphatic heterocycles. The van der Waals surface area contributed by atoms with Crippen LogP contribution in [0.5, 0.6) is 0 Å². The molecule has 1 fully saturated rings. The highest BCUT2D eigenvalue weighted by Crippen LogP contribution is 2.30. The summed E-state index contributed by atoms with van der Waals surface area (Å²) in [7, 11) is 0. The number of nitrogens with one attached hydrogen (secondary N) is 1. The van der Waals surface area contributed by atoms with Crippen molar-refractivity contribution in [3.05, 3.63) is 63.1 Å². The maximum Gasteiger partial charge on any atom is 0.253 e. The molecule has 1 aliphatic rings. The molecule has 6 nitrogen and oxygen atoms in total. The van der Waals surface area contributed by atoms with Crippen LogP contribution >= 0.6 is 23.2 Å². The van der Waals surface area contributed by atoms with E-state index in [1.165, 1.54) is 4.90 Å². The summed E-state index contributed by atoms with van der Waals surface area (Å²) in [6, 6.07) is 10.7. The van der Waals surface area contributed by atoms with Gasteiger partial charge in [0.15, 0.2) is 0 Å². The van der Waals surface area contributed by atoms with E-state index in [4.69, 9.17) is 23.2 Å². The summed E-state index contributed by atoms with van der Waals surface area (Å²) in [4.78, 5) is 42.2. The average molecular weight is 490 g/mol.